The van der Waals surface area contributed by atoms with Crippen molar-refractivity contribution in [1.29, 1.82) is 0 Å². The van der Waals surface area contributed by atoms with Crippen molar-refractivity contribution in [1.82, 2.24) is 15.3 Å². The van der Waals surface area contributed by atoms with Gasteiger partial charge in [-0.2, -0.15) is 0 Å². The summed E-state index contributed by atoms with van der Waals surface area (Å²) in [6.07, 6.45) is 6.36. The first-order chi connectivity index (χ1) is 13.6. The van der Waals surface area contributed by atoms with Crippen LogP contribution in [0.25, 0.3) is 0 Å². The Balaban J connectivity index is 1.36. The molecule has 2 aliphatic rings. The number of fused-ring (bicyclic) bond motifs is 1. The maximum Gasteiger partial charge on any atom is 0.319 e. The summed E-state index contributed by atoms with van der Waals surface area (Å²) < 4.78 is 0. The number of para-hydroxylation sites is 1. The van der Waals surface area contributed by atoms with Crippen LogP contribution in [-0.2, 0) is 12.8 Å². The Morgan fingerprint density at radius 3 is 2.68 bits per heavy atom. The molecule has 1 saturated heterocycles. The zero-order valence-corrected chi connectivity index (χ0v) is 16.9. The highest BCUT2D eigenvalue weighted by atomic mass is 35.5. The van der Waals surface area contributed by atoms with Gasteiger partial charge < -0.3 is 15.5 Å². The van der Waals surface area contributed by atoms with Crippen LogP contribution in [0.2, 0.25) is 5.02 Å². The van der Waals surface area contributed by atoms with Crippen molar-refractivity contribution in [2.45, 2.75) is 51.5 Å². The number of urea groups is 1. The van der Waals surface area contributed by atoms with Gasteiger partial charge in [0.2, 0.25) is 0 Å². The summed E-state index contributed by atoms with van der Waals surface area (Å²) in [4.78, 5) is 24.1. The predicted molar refractivity (Wildman–Crippen MR) is 112 cm³/mol. The lowest BCUT2D eigenvalue weighted by atomic mass is 9.95. The maximum atomic E-state index is 12.3. The van der Waals surface area contributed by atoms with E-state index in [2.05, 4.69) is 20.5 Å². The number of carbonyl (C=O) groups excluding carboxylic acids is 1. The van der Waals surface area contributed by atoms with Gasteiger partial charge in [-0.15, -0.1) is 0 Å². The van der Waals surface area contributed by atoms with Crippen molar-refractivity contribution >= 4 is 29.1 Å². The molecule has 28 heavy (non-hydrogen) atoms. The van der Waals surface area contributed by atoms with Crippen LogP contribution in [-0.4, -0.2) is 35.1 Å². The number of hydrogen-bond donors (Lipinski definition) is 2. The molecular weight excluding hydrogens is 374 g/mol. The molecule has 2 aromatic rings. The van der Waals surface area contributed by atoms with Gasteiger partial charge in [0, 0.05) is 30.4 Å². The molecule has 0 bridgehead atoms. The SMILES string of the molecule is Cc1nc2c(c(N3CCC(NC(=O)Nc4ccccc4Cl)CC3)n1)CCCC2. The molecular formula is C21H26ClN5O. The minimum Gasteiger partial charge on any atom is -0.356 e. The van der Waals surface area contributed by atoms with Gasteiger partial charge in [-0.25, -0.2) is 14.8 Å². The van der Waals surface area contributed by atoms with Gasteiger partial charge in [-0.3, -0.25) is 0 Å². The van der Waals surface area contributed by atoms with E-state index in [0.717, 1.165) is 50.4 Å². The topological polar surface area (TPSA) is 70.2 Å². The highest BCUT2D eigenvalue weighted by Crippen LogP contribution is 2.29. The zero-order valence-electron chi connectivity index (χ0n) is 16.2. The fraction of sp³-hybridized carbons (Fsp3) is 0.476. The minimum atomic E-state index is -0.207. The molecule has 0 spiro atoms. The quantitative estimate of drug-likeness (QED) is 0.814. The second-order valence-electron chi connectivity index (χ2n) is 7.57. The molecule has 1 aliphatic carbocycles. The number of piperidine rings is 1. The average Bonchev–Trinajstić information content (AvgIpc) is 2.70. The van der Waals surface area contributed by atoms with Gasteiger partial charge >= 0.3 is 6.03 Å². The van der Waals surface area contributed by atoms with E-state index in [4.69, 9.17) is 16.6 Å². The van der Waals surface area contributed by atoms with E-state index >= 15 is 0 Å². The summed E-state index contributed by atoms with van der Waals surface area (Å²) in [5.74, 6) is 1.97. The average molecular weight is 400 g/mol. The van der Waals surface area contributed by atoms with E-state index in [9.17, 15) is 4.79 Å². The number of nitrogens with one attached hydrogen (secondary N) is 2. The molecule has 2 N–H and O–H groups in total. The summed E-state index contributed by atoms with van der Waals surface area (Å²) in [5.41, 5.74) is 3.19. The Hall–Kier alpha value is -2.34. The first kappa shape index (κ1) is 19.0. The summed E-state index contributed by atoms with van der Waals surface area (Å²) in [6.45, 7) is 3.76. The molecule has 6 nitrogen and oxygen atoms in total. The summed E-state index contributed by atoms with van der Waals surface area (Å²) in [5, 5.41) is 6.44. The second-order valence-corrected chi connectivity index (χ2v) is 7.97. The number of carbonyl (C=O) groups is 1. The van der Waals surface area contributed by atoms with E-state index in [1.54, 1.807) is 12.1 Å². The van der Waals surface area contributed by atoms with Crippen LogP contribution >= 0.6 is 11.6 Å². The van der Waals surface area contributed by atoms with Gasteiger partial charge in [0.1, 0.15) is 11.6 Å². The number of aryl methyl sites for hydroxylation is 2. The number of benzene rings is 1. The third-order valence-corrected chi connectivity index (χ3v) is 5.85. The predicted octanol–water partition coefficient (Wildman–Crippen LogP) is 4.11. The highest BCUT2D eigenvalue weighted by Gasteiger charge is 2.26. The fourth-order valence-corrected chi connectivity index (χ4v) is 4.28. The molecule has 4 rings (SSSR count). The van der Waals surface area contributed by atoms with Crippen molar-refractivity contribution in [2.75, 3.05) is 23.3 Å². The lowest BCUT2D eigenvalue weighted by molar-refractivity contribution is 0.246. The molecule has 0 atom stereocenters. The third-order valence-electron chi connectivity index (χ3n) is 5.52. The number of nitrogens with zero attached hydrogens (tertiary/aromatic N) is 3. The van der Waals surface area contributed by atoms with Crippen LogP contribution < -0.4 is 15.5 Å². The van der Waals surface area contributed by atoms with Crippen LogP contribution in [0.1, 0.15) is 42.8 Å². The molecule has 0 saturated carbocycles. The van der Waals surface area contributed by atoms with Crippen LogP contribution in [0.4, 0.5) is 16.3 Å². The second kappa shape index (κ2) is 8.35. The smallest absolute Gasteiger partial charge is 0.319 e. The Kier molecular flexibility index (Phi) is 5.67. The normalized spacial score (nSPS) is 17.1. The molecule has 148 valence electrons. The monoisotopic (exact) mass is 399 g/mol. The van der Waals surface area contributed by atoms with Crippen LogP contribution in [0.15, 0.2) is 24.3 Å². The van der Waals surface area contributed by atoms with Crippen molar-refractivity contribution in [3.63, 3.8) is 0 Å². The van der Waals surface area contributed by atoms with Gasteiger partial charge in [-0.1, -0.05) is 23.7 Å². The number of aromatic nitrogens is 2. The first-order valence-corrected chi connectivity index (χ1v) is 10.4. The van der Waals surface area contributed by atoms with Gasteiger partial charge in [0.15, 0.2) is 0 Å². The van der Waals surface area contributed by atoms with Gasteiger partial charge in [-0.05, 0) is 57.6 Å². The van der Waals surface area contributed by atoms with E-state index in [-0.39, 0.29) is 12.1 Å². The summed E-state index contributed by atoms with van der Waals surface area (Å²) >= 11 is 6.11. The standard InChI is InChI=1S/C21H26ClN5O/c1-14-23-18-8-4-2-6-16(18)20(24-14)27-12-10-15(11-13-27)25-21(28)26-19-9-5-3-7-17(19)22/h3,5,7,9,15H,2,4,6,8,10-13H2,1H3,(H2,25,26,28). The number of amides is 2. The van der Waals surface area contributed by atoms with Crippen molar-refractivity contribution < 1.29 is 4.79 Å². The molecule has 7 heteroatoms. The summed E-state index contributed by atoms with van der Waals surface area (Å²) in [7, 11) is 0. The van der Waals surface area contributed by atoms with Crippen molar-refractivity contribution in [3.05, 3.63) is 46.4 Å². The number of anilines is 2. The van der Waals surface area contributed by atoms with E-state index < -0.39 is 0 Å². The molecule has 1 fully saturated rings. The van der Waals surface area contributed by atoms with E-state index in [1.807, 2.05) is 19.1 Å². The van der Waals surface area contributed by atoms with E-state index in [0.29, 0.717) is 10.7 Å². The first-order valence-electron chi connectivity index (χ1n) is 10.0. The Morgan fingerprint density at radius 1 is 1.14 bits per heavy atom. The molecule has 1 aromatic carbocycles. The molecule has 1 aliphatic heterocycles. The minimum absolute atomic E-state index is 0.150. The lowest BCUT2D eigenvalue weighted by Gasteiger charge is -2.35. The third kappa shape index (κ3) is 4.22. The Bertz CT molecular complexity index is 864. The largest absolute Gasteiger partial charge is 0.356 e. The zero-order chi connectivity index (χ0) is 19.5. The van der Waals surface area contributed by atoms with E-state index in [1.165, 1.54) is 24.1 Å². The Labute approximate surface area is 170 Å². The number of rotatable bonds is 3. The Morgan fingerprint density at radius 2 is 1.89 bits per heavy atom. The van der Waals surface area contributed by atoms with Crippen molar-refractivity contribution in [2.24, 2.45) is 0 Å². The van der Waals surface area contributed by atoms with Gasteiger partial charge in [0.05, 0.1) is 10.7 Å². The van der Waals surface area contributed by atoms with Crippen molar-refractivity contribution in [3.8, 4) is 0 Å². The van der Waals surface area contributed by atoms with Gasteiger partial charge in [0.25, 0.3) is 0 Å². The summed E-state index contributed by atoms with van der Waals surface area (Å²) in [6, 6.07) is 7.20. The molecule has 0 radical (unpaired) electrons. The molecule has 1 aromatic heterocycles. The molecule has 0 unspecified atom stereocenters. The highest BCUT2D eigenvalue weighted by molar-refractivity contribution is 6.33. The maximum absolute atomic E-state index is 12.3. The van der Waals surface area contributed by atoms with Crippen LogP contribution in [0, 0.1) is 6.92 Å². The number of halogens is 1. The molecule has 2 heterocycles. The lowest BCUT2D eigenvalue weighted by Crippen LogP contribution is -2.46. The number of hydrogen-bond acceptors (Lipinski definition) is 4. The van der Waals surface area contributed by atoms with Crippen LogP contribution in [0.3, 0.4) is 0 Å². The van der Waals surface area contributed by atoms with Crippen LogP contribution in [0.5, 0.6) is 0 Å². The molecule has 2 amide bonds. The fourth-order valence-electron chi connectivity index (χ4n) is 4.10.